The first-order valence-corrected chi connectivity index (χ1v) is 18.7. The van der Waals surface area contributed by atoms with Crippen molar-refractivity contribution < 1.29 is 26.7 Å². The van der Waals surface area contributed by atoms with Crippen molar-refractivity contribution in [3.05, 3.63) is 90.6 Å². The molecule has 0 spiro atoms. The number of allylic oxidation sites excluding steroid dienone is 7. The molecule has 2 fully saturated rings. The van der Waals surface area contributed by atoms with Crippen molar-refractivity contribution in [3.63, 3.8) is 0 Å². The summed E-state index contributed by atoms with van der Waals surface area (Å²) < 4.78 is 66.2. The first-order valence-electron chi connectivity index (χ1n) is 18.7. The second-order valence-electron chi connectivity index (χ2n) is 14.6. The normalized spacial score (nSPS) is 22.7. The van der Waals surface area contributed by atoms with Gasteiger partial charge in [-0.25, -0.2) is 8.78 Å². The van der Waals surface area contributed by atoms with Gasteiger partial charge in [-0.05, 0) is 110 Å². The van der Waals surface area contributed by atoms with Gasteiger partial charge in [0.2, 0.25) is 0 Å². The van der Waals surface area contributed by atoms with Crippen molar-refractivity contribution in [1.29, 1.82) is 0 Å². The van der Waals surface area contributed by atoms with Gasteiger partial charge in [0.25, 0.3) is 0 Å². The SMILES string of the molecule is C=C(F)/C(F)=C\C(C)C(=C)/C=C\C(=C)C(C)CCC(C)C.CC.CC1CCC(C2CCC(CCc3ccc(OC(F)(F)F)cc3)CC2)CC1. The standard InChI is InChI=1S/C22H31F3O.C19H28F2.C2H6/c1-16-2-10-19(11-3-16)20-12-6-17(7-13-20)4-5-18-8-14-21(15-9-18)26-22(23,24)25;1-13(2)8-9-14(3)15(4)10-11-16(5)17(6)12-19(21)18(7)20;1-2/h8-9,14-17,19-20H,2-7,10-13H2,1H3;10-14,17H,4-5,7-9H2,1-3,6H3;1-2H3/b;11-10-,19-12+;. The molecular weight excluding hydrogens is 627 g/mol. The second-order valence-corrected chi connectivity index (χ2v) is 14.6. The lowest BCUT2D eigenvalue weighted by Gasteiger charge is -2.37. The predicted molar refractivity (Wildman–Crippen MR) is 199 cm³/mol. The van der Waals surface area contributed by atoms with Crippen LogP contribution in [0.2, 0.25) is 0 Å². The molecule has 2 aliphatic rings. The maximum absolute atomic E-state index is 13.1. The van der Waals surface area contributed by atoms with Gasteiger partial charge >= 0.3 is 6.36 Å². The van der Waals surface area contributed by atoms with Crippen LogP contribution in [0.5, 0.6) is 5.75 Å². The molecule has 49 heavy (non-hydrogen) atoms. The minimum atomic E-state index is -4.61. The van der Waals surface area contributed by atoms with Crippen LogP contribution in [-0.4, -0.2) is 6.36 Å². The lowest BCUT2D eigenvalue weighted by atomic mass is 9.69. The molecule has 1 aromatic carbocycles. The van der Waals surface area contributed by atoms with Gasteiger partial charge in [-0.3, -0.25) is 0 Å². The molecule has 0 amide bonds. The Balaban J connectivity index is 0.000000478. The summed E-state index contributed by atoms with van der Waals surface area (Å²) in [6, 6.07) is 6.36. The minimum Gasteiger partial charge on any atom is -0.406 e. The van der Waals surface area contributed by atoms with Crippen molar-refractivity contribution in [2.45, 2.75) is 132 Å². The Bertz CT molecular complexity index is 1160. The lowest BCUT2D eigenvalue weighted by molar-refractivity contribution is -0.274. The van der Waals surface area contributed by atoms with Gasteiger partial charge in [0.15, 0.2) is 11.7 Å². The van der Waals surface area contributed by atoms with E-state index in [4.69, 9.17) is 0 Å². The average Bonchev–Trinajstić information content (AvgIpc) is 3.06. The highest BCUT2D eigenvalue weighted by atomic mass is 19.4. The second kappa shape index (κ2) is 23.0. The van der Waals surface area contributed by atoms with E-state index in [-0.39, 0.29) is 11.7 Å². The van der Waals surface area contributed by atoms with Gasteiger partial charge in [0, 0.05) is 5.92 Å². The molecule has 1 aromatic rings. The molecule has 0 saturated heterocycles. The Labute approximate surface area is 295 Å². The molecule has 0 aromatic heterocycles. The number of alkyl halides is 3. The number of halogens is 5. The van der Waals surface area contributed by atoms with Crippen LogP contribution in [-0.2, 0) is 6.42 Å². The van der Waals surface area contributed by atoms with Crippen LogP contribution in [0.25, 0.3) is 0 Å². The Kier molecular flexibility index (Phi) is 20.8. The number of hydrogen-bond donors (Lipinski definition) is 0. The quantitative estimate of drug-likeness (QED) is 0.139. The summed E-state index contributed by atoms with van der Waals surface area (Å²) in [4.78, 5) is 0. The largest absolute Gasteiger partial charge is 0.573 e. The van der Waals surface area contributed by atoms with Gasteiger partial charge in [-0.2, -0.15) is 0 Å². The summed E-state index contributed by atoms with van der Waals surface area (Å²) >= 11 is 0. The van der Waals surface area contributed by atoms with Gasteiger partial charge < -0.3 is 4.74 Å². The van der Waals surface area contributed by atoms with Crippen LogP contribution in [0.4, 0.5) is 22.0 Å². The molecule has 2 aliphatic carbocycles. The van der Waals surface area contributed by atoms with E-state index in [1.807, 2.05) is 26.0 Å². The fourth-order valence-corrected chi connectivity index (χ4v) is 6.65. The molecule has 0 aliphatic heterocycles. The summed E-state index contributed by atoms with van der Waals surface area (Å²) in [7, 11) is 0. The Morgan fingerprint density at radius 2 is 1.31 bits per heavy atom. The van der Waals surface area contributed by atoms with Gasteiger partial charge in [-0.15, -0.1) is 13.2 Å². The average molecular weight is 693 g/mol. The van der Waals surface area contributed by atoms with E-state index in [1.54, 1.807) is 19.1 Å². The number of ether oxygens (including phenoxy) is 1. The summed E-state index contributed by atoms with van der Waals surface area (Å²) in [5.74, 6) is 2.30. The lowest BCUT2D eigenvalue weighted by Crippen LogP contribution is -2.25. The zero-order chi connectivity index (χ0) is 37.1. The molecule has 2 atom stereocenters. The first-order chi connectivity index (χ1) is 23.0. The van der Waals surface area contributed by atoms with E-state index >= 15 is 0 Å². The molecule has 0 N–H and O–H groups in total. The molecular formula is C43H65F5O. The highest BCUT2D eigenvalue weighted by Gasteiger charge is 2.31. The zero-order valence-corrected chi connectivity index (χ0v) is 31.5. The minimum absolute atomic E-state index is 0.136. The van der Waals surface area contributed by atoms with E-state index in [0.29, 0.717) is 17.4 Å². The fourth-order valence-electron chi connectivity index (χ4n) is 6.65. The van der Waals surface area contributed by atoms with Crippen molar-refractivity contribution in [2.75, 3.05) is 0 Å². The summed E-state index contributed by atoms with van der Waals surface area (Å²) in [6.45, 7) is 25.6. The molecule has 1 nitrogen and oxygen atoms in total. The number of rotatable bonds is 14. The van der Waals surface area contributed by atoms with Crippen LogP contribution < -0.4 is 4.74 Å². The topological polar surface area (TPSA) is 9.23 Å². The molecule has 0 radical (unpaired) electrons. The zero-order valence-electron chi connectivity index (χ0n) is 31.5. The van der Waals surface area contributed by atoms with Crippen LogP contribution in [0.1, 0.15) is 125 Å². The molecule has 3 rings (SSSR count). The smallest absolute Gasteiger partial charge is 0.406 e. The Hall–Kier alpha value is -2.63. The summed E-state index contributed by atoms with van der Waals surface area (Å²) in [6.07, 6.45) is 15.8. The van der Waals surface area contributed by atoms with Gasteiger partial charge in [-0.1, -0.05) is 130 Å². The maximum atomic E-state index is 13.1. The third-order valence-electron chi connectivity index (χ3n) is 10.2. The number of benzene rings is 1. The Morgan fingerprint density at radius 1 is 0.796 bits per heavy atom. The third-order valence-corrected chi connectivity index (χ3v) is 10.2. The van der Waals surface area contributed by atoms with Gasteiger partial charge in [0.1, 0.15) is 5.75 Å². The van der Waals surface area contributed by atoms with E-state index in [1.165, 1.54) is 69.6 Å². The predicted octanol–water partition coefficient (Wildman–Crippen LogP) is 14.9. The summed E-state index contributed by atoms with van der Waals surface area (Å²) in [5, 5.41) is 0. The third kappa shape index (κ3) is 18.8. The molecule has 2 saturated carbocycles. The molecule has 2 unspecified atom stereocenters. The van der Waals surface area contributed by atoms with Crippen LogP contribution in [0.3, 0.4) is 0 Å². The molecule has 6 heteroatoms. The highest BCUT2D eigenvalue weighted by Crippen LogP contribution is 2.42. The first kappa shape index (κ1) is 44.4. The van der Waals surface area contributed by atoms with E-state index in [9.17, 15) is 22.0 Å². The van der Waals surface area contributed by atoms with E-state index < -0.39 is 18.0 Å². The van der Waals surface area contributed by atoms with Crippen molar-refractivity contribution in [3.8, 4) is 5.75 Å². The molecule has 0 bridgehead atoms. The highest BCUT2D eigenvalue weighted by molar-refractivity contribution is 5.30. The summed E-state index contributed by atoms with van der Waals surface area (Å²) in [5.41, 5.74) is 2.84. The van der Waals surface area contributed by atoms with Crippen LogP contribution in [0, 0.1) is 41.4 Å². The molecule has 0 heterocycles. The molecule has 278 valence electrons. The van der Waals surface area contributed by atoms with Crippen molar-refractivity contribution in [2.24, 2.45) is 41.4 Å². The van der Waals surface area contributed by atoms with Crippen molar-refractivity contribution >= 4 is 0 Å². The van der Waals surface area contributed by atoms with E-state index in [0.717, 1.165) is 60.5 Å². The number of aryl methyl sites for hydroxylation is 1. The Morgan fingerprint density at radius 3 is 1.80 bits per heavy atom. The number of hydrogen-bond acceptors (Lipinski definition) is 1. The fraction of sp³-hybridized carbons (Fsp3) is 0.628. The van der Waals surface area contributed by atoms with Crippen LogP contribution >= 0.6 is 0 Å². The van der Waals surface area contributed by atoms with Crippen LogP contribution in [0.15, 0.2) is 85.0 Å². The van der Waals surface area contributed by atoms with Crippen molar-refractivity contribution in [1.82, 2.24) is 0 Å². The maximum Gasteiger partial charge on any atom is 0.573 e. The monoisotopic (exact) mass is 692 g/mol. The van der Waals surface area contributed by atoms with Gasteiger partial charge in [0.05, 0.1) is 0 Å². The van der Waals surface area contributed by atoms with E-state index in [2.05, 4.69) is 52.2 Å².